The Morgan fingerprint density at radius 2 is 2.18 bits per heavy atom. The second-order valence-corrected chi connectivity index (χ2v) is 9.25. The van der Waals surface area contributed by atoms with E-state index in [9.17, 15) is 18.7 Å². The van der Waals surface area contributed by atoms with Crippen LogP contribution in [0.4, 0.5) is 25.1 Å². The first kappa shape index (κ1) is 20.3. The van der Waals surface area contributed by atoms with Crippen LogP contribution in [0.1, 0.15) is 24.8 Å². The molecule has 33 heavy (non-hydrogen) atoms. The monoisotopic (exact) mass is 454 g/mol. The Morgan fingerprint density at radius 1 is 1.30 bits per heavy atom. The Hall–Kier alpha value is -3.27. The van der Waals surface area contributed by atoms with Crippen LogP contribution >= 0.6 is 0 Å². The number of β-amino-alcohol motifs (C(OH)–C–C–N with tert-alkyl or cyclic N) is 1. The minimum Gasteiger partial charge on any atom is -0.391 e. The number of amides is 2. The van der Waals surface area contributed by atoms with Gasteiger partial charge in [0, 0.05) is 31.2 Å². The fourth-order valence-electron chi connectivity index (χ4n) is 5.40. The summed E-state index contributed by atoms with van der Waals surface area (Å²) in [6.45, 7) is 1.48. The number of fused-ring (bicyclic) bond motifs is 2. The highest BCUT2D eigenvalue weighted by atomic mass is 19.1. The maximum absolute atomic E-state index is 14.2. The van der Waals surface area contributed by atoms with Gasteiger partial charge >= 0.3 is 6.03 Å². The summed E-state index contributed by atoms with van der Waals surface area (Å²) in [7, 11) is 0. The molecule has 2 amide bonds. The third-order valence-corrected chi connectivity index (χ3v) is 7.35. The van der Waals surface area contributed by atoms with Gasteiger partial charge in [-0.1, -0.05) is 0 Å². The predicted octanol–water partition coefficient (Wildman–Crippen LogP) is 3.00. The van der Waals surface area contributed by atoms with Gasteiger partial charge in [-0.25, -0.2) is 23.1 Å². The van der Waals surface area contributed by atoms with Crippen LogP contribution in [0.15, 0.2) is 36.7 Å². The van der Waals surface area contributed by atoms with Crippen molar-refractivity contribution >= 4 is 23.2 Å². The number of aromatic nitrogens is 3. The average Bonchev–Trinajstić information content (AvgIpc) is 3.54. The van der Waals surface area contributed by atoms with Crippen molar-refractivity contribution in [2.45, 2.75) is 30.8 Å². The van der Waals surface area contributed by atoms with Gasteiger partial charge in [-0.15, -0.1) is 0 Å². The minimum atomic E-state index is -0.484. The molecule has 172 valence electrons. The maximum Gasteiger partial charge on any atom is 0.322 e. The van der Waals surface area contributed by atoms with Crippen molar-refractivity contribution in [2.24, 2.45) is 11.8 Å². The zero-order valence-corrected chi connectivity index (χ0v) is 17.8. The second kappa shape index (κ2) is 7.38. The Balaban J connectivity index is 1.08. The van der Waals surface area contributed by atoms with Gasteiger partial charge < -0.3 is 20.6 Å². The normalized spacial score (nSPS) is 27.5. The molecule has 1 aromatic carbocycles. The molecule has 10 heteroatoms. The van der Waals surface area contributed by atoms with Crippen molar-refractivity contribution in [3.8, 4) is 0 Å². The van der Waals surface area contributed by atoms with Crippen LogP contribution in [0.2, 0.25) is 0 Å². The summed E-state index contributed by atoms with van der Waals surface area (Å²) >= 11 is 0. The molecule has 0 bridgehead atoms. The summed E-state index contributed by atoms with van der Waals surface area (Å²) < 4.78 is 29.4. The number of carbonyl (C=O) groups excluding carboxylic acids is 1. The maximum atomic E-state index is 14.2. The SMILES string of the molecule is O=C(Nc1cnn2ccc(NCC[C@@H]3C4C[C@@]43c3cc(F)ccc3F)nc12)N1CC[C@H](O)C1. The van der Waals surface area contributed by atoms with Gasteiger partial charge in [0.2, 0.25) is 0 Å². The lowest BCUT2D eigenvalue weighted by atomic mass is 9.94. The Kier molecular flexibility index (Phi) is 4.55. The van der Waals surface area contributed by atoms with E-state index in [1.807, 2.05) is 0 Å². The number of nitrogens with zero attached hydrogens (tertiary/aromatic N) is 4. The molecule has 3 heterocycles. The molecule has 3 N–H and O–H groups in total. The molecule has 3 aromatic rings. The molecule has 1 unspecified atom stereocenters. The Morgan fingerprint density at radius 3 is 2.97 bits per heavy atom. The van der Waals surface area contributed by atoms with Crippen LogP contribution in [0, 0.1) is 23.5 Å². The Labute approximate surface area is 188 Å². The third kappa shape index (κ3) is 3.40. The summed E-state index contributed by atoms with van der Waals surface area (Å²) in [6.07, 6.45) is 5.17. The van der Waals surface area contributed by atoms with Crippen molar-refractivity contribution in [1.82, 2.24) is 19.5 Å². The van der Waals surface area contributed by atoms with E-state index in [-0.39, 0.29) is 17.3 Å². The van der Waals surface area contributed by atoms with Gasteiger partial charge in [0.15, 0.2) is 5.65 Å². The van der Waals surface area contributed by atoms with Gasteiger partial charge in [-0.05, 0) is 60.9 Å². The fraction of sp³-hybridized carbons (Fsp3) is 0.435. The van der Waals surface area contributed by atoms with Crippen molar-refractivity contribution in [1.29, 1.82) is 0 Å². The van der Waals surface area contributed by atoms with Gasteiger partial charge in [0.1, 0.15) is 23.1 Å². The van der Waals surface area contributed by atoms with E-state index < -0.39 is 11.9 Å². The lowest BCUT2D eigenvalue weighted by Gasteiger charge is -2.16. The van der Waals surface area contributed by atoms with E-state index >= 15 is 0 Å². The number of hydrogen-bond donors (Lipinski definition) is 3. The highest BCUT2D eigenvalue weighted by Crippen LogP contribution is 2.81. The molecule has 3 fully saturated rings. The zero-order valence-electron chi connectivity index (χ0n) is 17.8. The highest BCUT2D eigenvalue weighted by molar-refractivity contribution is 5.93. The number of likely N-dealkylation sites (tertiary alicyclic amines) is 1. The molecule has 1 saturated heterocycles. The van der Waals surface area contributed by atoms with E-state index in [0.29, 0.717) is 60.6 Å². The van der Waals surface area contributed by atoms with Crippen molar-refractivity contribution < 1.29 is 18.7 Å². The number of anilines is 2. The highest BCUT2D eigenvalue weighted by Gasteiger charge is 2.79. The number of urea groups is 1. The number of halogens is 2. The number of benzene rings is 1. The van der Waals surface area contributed by atoms with Crippen LogP contribution in [-0.4, -0.2) is 56.4 Å². The predicted molar refractivity (Wildman–Crippen MR) is 117 cm³/mol. The molecular formula is C23H24F2N6O2. The van der Waals surface area contributed by atoms with Crippen molar-refractivity contribution in [3.05, 3.63) is 53.9 Å². The fourth-order valence-corrected chi connectivity index (χ4v) is 5.40. The quantitative estimate of drug-likeness (QED) is 0.532. The van der Waals surface area contributed by atoms with Crippen LogP contribution in [-0.2, 0) is 5.41 Å². The van der Waals surface area contributed by atoms with Gasteiger partial charge in [0.25, 0.3) is 0 Å². The van der Waals surface area contributed by atoms with Crippen molar-refractivity contribution in [3.63, 3.8) is 0 Å². The molecule has 0 radical (unpaired) electrons. The second-order valence-electron chi connectivity index (χ2n) is 9.25. The summed E-state index contributed by atoms with van der Waals surface area (Å²) in [5.74, 6) is 0.727. The standard InChI is InChI=1S/C23H24F2N6O2/c24-13-1-2-18(25)16(9-13)23-10-17(23)15(23)3-6-26-20-5-8-31-21(29-20)19(11-27-31)28-22(33)30-7-4-14(32)12-30/h1-2,5,8-9,11,14-15,17,32H,3-4,6-7,10,12H2,(H,26,29)(H,28,33)/t14-,15+,17?,23+/m0/s1. The summed E-state index contributed by atoms with van der Waals surface area (Å²) in [5.41, 5.74) is 1.34. The van der Waals surface area contributed by atoms with E-state index in [2.05, 4.69) is 20.7 Å². The molecule has 2 saturated carbocycles. The van der Waals surface area contributed by atoms with Crippen LogP contribution in [0.25, 0.3) is 5.65 Å². The number of hydrogen-bond acceptors (Lipinski definition) is 5. The van der Waals surface area contributed by atoms with E-state index in [0.717, 1.165) is 18.9 Å². The first-order valence-electron chi connectivity index (χ1n) is 11.2. The molecule has 4 atom stereocenters. The lowest BCUT2D eigenvalue weighted by molar-refractivity contribution is 0.176. The number of aliphatic hydroxyl groups excluding tert-OH is 1. The summed E-state index contributed by atoms with van der Waals surface area (Å²) in [5, 5.41) is 20.0. The number of aliphatic hydroxyl groups is 1. The lowest BCUT2D eigenvalue weighted by Crippen LogP contribution is -2.33. The van der Waals surface area contributed by atoms with Crippen LogP contribution in [0.5, 0.6) is 0 Å². The third-order valence-electron chi connectivity index (χ3n) is 7.35. The van der Waals surface area contributed by atoms with Gasteiger partial charge in [-0.2, -0.15) is 5.10 Å². The van der Waals surface area contributed by atoms with Crippen LogP contribution < -0.4 is 10.6 Å². The average molecular weight is 454 g/mol. The largest absolute Gasteiger partial charge is 0.391 e. The molecule has 1 aliphatic heterocycles. The van der Waals surface area contributed by atoms with Crippen LogP contribution in [0.3, 0.4) is 0 Å². The van der Waals surface area contributed by atoms with E-state index in [1.165, 1.54) is 12.1 Å². The molecule has 8 nitrogen and oxygen atoms in total. The summed E-state index contributed by atoms with van der Waals surface area (Å²) in [4.78, 5) is 18.6. The first-order chi connectivity index (χ1) is 16.0. The van der Waals surface area contributed by atoms with Crippen molar-refractivity contribution in [2.75, 3.05) is 30.3 Å². The van der Waals surface area contributed by atoms with E-state index in [1.54, 1.807) is 27.9 Å². The van der Waals surface area contributed by atoms with E-state index in [4.69, 9.17) is 0 Å². The van der Waals surface area contributed by atoms with Gasteiger partial charge in [0.05, 0.1) is 12.3 Å². The molecule has 3 aliphatic rings. The number of nitrogens with one attached hydrogen (secondary N) is 2. The molecular weight excluding hydrogens is 430 g/mol. The first-order valence-corrected chi connectivity index (χ1v) is 11.2. The summed E-state index contributed by atoms with van der Waals surface area (Å²) in [6, 6.07) is 5.24. The molecule has 2 aromatic heterocycles. The van der Waals surface area contributed by atoms with Gasteiger partial charge in [-0.3, -0.25) is 0 Å². The number of rotatable bonds is 6. The minimum absolute atomic E-state index is 0.183. The number of carbonyl (C=O) groups is 1. The molecule has 2 aliphatic carbocycles. The molecule has 0 spiro atoms. The Bertz CT molecular complexity index is 1250. The molecule has 6 rings (SSSR count). The topological polar surface area (TPSA) is 94.8 Å². The smallest absolute Gasteiger partial charge is 0.322 e. The zero-order chi connectivity index (χ0) is 22.7.